The van der Waals surface area contributed by atoms with Gasteiger partial charge in [-0.2, -0.15) is 26.6 Å². The van der Waals surface area contributed by atoms with E-state index in [1.54, 1.807) is 0 Å². The largest absolute Gasteiger partial charge is 0.453 e. The molecule has 1 aromatic rings. The van der Waals surface area contributed by atoms with E-state index in [0.717, 1.165) is 4.68 Å². The maximum absolute atomic E-state index is 12.8. The Morgan fingerprint density at radius 3 is 2.33 bits per heavy atom. The third-order valence-corrected chi connectivity index (χ3v) is 2.94. The van der Waals surface area contributed by atoms with Crippen LogP contribution < -0.4 is 11.3 Å². The highest BCUT2D eigenvalue weighted by Gasteiger charge is 2.57. The van der Waals surface area contributed by atoms with Gasteiger partial charge in [-0.1, -0.05) is 0 Å². The smallest absolute Gasteiger partial charge is 0.393 e. The van der Waals surface area contributed by atoms with Crippen molar-refractivity contribution < 1.29 is 27.1 Å². The number of H-pyrrole nitrogens is 1. The number of halogens is 5. The number of rotatable bonds is 4. The number of alkyl halides is 5. The fraction of sp³-hybridized carbons (Fsp3) is 0.600. The zero-order valence-electron chi connectivity index (χ0n) is 10.7. The standard InChI is InChI=1S/C10H12F5N3O2S/c1-4-6(7(20)18(17-4)8(16)21)2-5(19)3-9(11,12)10(13,14)15/h5,17,19H,2-3H2,1H3,(H2,16,21). The van der Waals surface area contributed by atoms with Crippen molar-refractivity contribution in [2.45, 2.75) is 38.0 Å². The van der Waals surface area contributed by atoms with Gasteiger partial charge in [0.1, 0.15) is 0 Å². The van der Waals surface area contributed by atoms with Crippen molar-refractivity contribution in [2.75, 3.05) is 0 Å². The highest BCUT2D eigenvalue weighted by molar-refractivity contribution is 7.80. The zero-order chi connectivity index (χ0) is 16.6. The van der Waals surface area contributed by atoms with E-state index in [9.17, 15) is 31.9 Å². The lowest BCUT2D eigenvalue weighted by molar-refractivity contribution is -0.290. The van der Waals surface area contributed by atoms with E-state index in [1.165, 1.54) is 6.92 Å². The van der Waals surface area contributed by atoms with Gasteiger partial charge in [0.15, 0.2) is 5.11 Å². The monoisotopic (exact) mass is 333 g/mol. The first-order valence-corrected chi connectivity index (χ1v) is 6.00. The van der Waals surface area contributed by atoms with Crippen molar-refractivity contribution in [2.24, 2.45) is 5.73 Å². The normalized spacial score (nSPS) is 14.2. The van der Waals surface area contributed by atoms with Crippen LogP contribution in [0.5, 0.6) is 0 Å². The number of aromatic amines is 1. The molecular formula is C10H12F5N3O2S. The van der Waals surface area contributed by atoms with E-state index < -0.39 is 36.6 Å². The molecule has 0 aliphatic heterocycles. The van der Waals surface area contributed by atoms with E-state index >= 15 is 0 Å². The second-order valence-electron chi connectivity index (χ2n) is 4.46. The maximum Gasteiger partial charge on any atom is 0.453 e. The minimum atomic E-state index is -5.76. The molecule has 11 heteroatoms. The lowest BCUT2D eigenvalue weighted by Crippen LogP contribution is -2.40. The molecule has 5 nitrogen and oxygen atoms in total. The molecule has 0 saturated heterocycles. The van der Waals surface area contributed by atoms with E-state index in [-0.39, 0.29) is 16.4 Å². The summed E-state index contributed by atoms with van der Waals surface area (Å²) in [5.74, 6) is -5.04. The molecule has 4 N–H and O–H groups in total. The Kier molecular flexibility index (Phi) is 4.78. The molecule has 1 atom stereocenters. The van der Waals surface area contributed by atoms with Crippen LogP contribution >= 0.6 is 12.2 Å². The molecule has 0 saturated carbocycles. The number of thiocarbonyl (C=S) groups is 1. The Hall–Kier alpha value is -1.49. The maximum atomic E-state index is 12.8. The molecule has 0 aliphatic carbocycles. The predicted molar refractivity (Wildman–Crippen MR) is 67.3 cm³/mol. The molecule has 1 aromatic heterocycles. The van der Waals surface area contributed by atoms with Crippen LogP contribution in [0.2, 0.25) is 0 Å². The van der Waals surface area contributed by atoms with Gasteiger partial charge in [-0.05, 0) is 19.1 Å². The van der Waals surface area contributed by atoms with Crippen LogP contribution in [0.1, 0.15) is 17.7 Å². The van der Waals surface area contributed by atoms with Crippen molar-refractivity contribution in [1.29, 1.82) is 0 Å². The van der Waals surface area contributed by atoms with Crippen molar-refractivity contribution >= 4 is 17.3 Å². The number of aliphatic hydroxyl groups excluding tert-OH is 1. The van der Waals surface area contributed by atoms with Crippen LogP contribution in [-0.4, -0.2) is 38.2 Å². The third kappa shape index (κ3) is 3.79. The SMILES string of the molecule is Cc1[nH]n(C(N)=S)c(=O)c1CC(O)CC(F)(F)C(F)(F)F. The number of nitrogens with zero attached hydrogens (tertiary/aromatic N) is 1. The molecule has 120 valence electrons. The van der Waals surface area contributed by atoms with Gasteiger partial charge in [0.2, 0.25) is 0 Å². The average Bonchev–Trinajstić information content (AvgIpc) is 2.54. The van der Waals surface area contributed by atoms with Crippen LogP contribution in [0.3, 0.4) is 0 Å². The molecule has 0 amide bonds. The van der Waals surface area contributed by atoms with E-state index in [2.05, 4.69) is 17.3 Å². The van der Waals surface area contributed by atoms with Crippen LogP contribution in [0.25, 0.3) is 0 Å². The first-order chi connectivity index (χ1) is 9.36. The summed E-state index contributed by atoms with van der Waals surface area (Å²) in [6.45, 7) is 1.38. The number of hydrogen-bond acceptors (Lipinski definition) is 3. The molecule has 21 heavy (non-hydrogen) atoms. The fourth-order valence-electron chi connectivity index (χ4n) is 1.70. The molecule has 0 spiro atoms. The van der Waals surface area contributed by atoms with Crippen LogP contribution in [0.15, 0.2) is 4.79 Å². The Morgan fingerprint density at radius 1 is 1.43 bits per heavy atom. The summed E-state index contributed by atoms with van der Waals surface area (Å²) in [7, 11) is 0. The quantitative estimate of drug-likeness (QED) is 0.568. The second kappa shape index (κ2) is 5.72. The first-order valence-electron chi connectivity index (χ1n) is 5.59. The van der Waals surface area contributed by atoms with E-state index in [4.69, 9.17) is 5.73 Å². The van der Waals surface area contributed by atoms with Gasteiger partial charge in [-0.3, -0.25) is 9.89 Å². The summed E-state index contributed by atoms with van der Waals surface area (Å²) in [5, 5.41) is 11.5. The van der Waals surface area contributed by atoms with Gasteiger partial charge < -0.3 is 10.8 Å². The van der Waals surface area contributed by atoms with E-state index in [0.29, 0.717) is 0 Å². The van der Waals surface area contributed by atoms with Gasteiger partial charge in [-0.25, -0.2) is 0 Å². The van der Waals surface area contributed by atoms with Gasteiger partial charge in [-0.15, -0.1) is 0 Å². The zero-order valence-corrected chi connectivity index (χ0v) is 11.5. The van der Waals surface area contributed by atoms with Crippen LogP contribution in [-0.2, 0) is 6.42 Å². The molecule has 0 fully saturated rings. The van der Waals surface area contributed by atoms with E-state index in [1.807, 2.05) is 0 Å². The lowest BCUT2D eigenvalue weighted by atomic mass is 10.0. The Bertz CT molecular complexity index is 592. The van der Waals surface area contributed by atoms with Crippen molar-refractivity contribution in [3.63, 3.8) is 0 Å². The number of nitrogens with two attached hydrogens (primary N) is 1. The summed E-state index contributed by atoms with van der Waals surface area (Å²) >= 11 is 4.55. The van der Waals surface area contributed by atoms with Gasteiger partial charge >= 0.3 is 12.1 Å². The Balaban J connectivity index is 2.93. The number of nitrogens with one attached hydrogen (secondary N) is 1. The molecule has 0 aliphatic rings. The molecular weight excluding hydrogens is 321 g/mol. The van der Waals surface area contributed by atoms with Crippen molar-refractivity contribution in [3.8, 4) is 0 Å². The number of hydrogen-bond donors (Lipinski definition) is 3. The van der Waals surface area contributed by atoms with Gasteiger partial charge in [0.05, 0.1) is 6.10 Å². The summed E-state index contributed by atoms with van der Waals surface area (Å²) in [6, 6.07) is 0. The highest BCUT2D eigenvalue weighted by Crippen LogP contribution is 2.39. The molecule has 0 aromatic carbocycles. The lowest BCUT2D eigenvalue weighted by Gasteiger charge is -2.22. The Labute approximate surface area is 120 Å². The molecule has 0 bridgehead atoms. The second-order valence-corrected chi connectivity index (χ2v) is 4.88. The van der Waals surface area contributed by atoms with Crippen LogP contribution in [0.4, 0.5) is 22.0 Å². The summed E-state index contributed by atoms with van der Waals surface area (Å²) < 4.78 is 62.4. The van der Waals surface area contributed by atoms with Crippen molar-refractivity contribution in [1.82, 2.24) is 9.78 Å². The average molecular weight is 333 g/mol. The minimum Gasteiger partial charge on any atom is -0.393 e. The van der Waals surface area contributed by atoms with Crippen LogP contribution in [0, 0.1) is 6.92 Å². The minimum absolute atomic E-state index is 0.159. The first kappa shape index (κ1) is 17.6. The summed E-state index contributed by atoms with van der Waals surface area (Å²) in [6.07, 6.45) is -10.3. The molecule has 1 heterocycles. The molecule has 1 rings (SSSR count). The van der Waals surface area contributed by atoms with Gasteiger partial charge in [0, 0.05) is 24.1 Å². The highest BCUT2D eigenvalue weighted by atomic mass is 32.1. The molecule has 0 radical (unpaired) electrons. The van der Waals surface area contributed by atoms with Crippen molar-refractivity contribution in [3.05, 3.63) is 21.6 Å². The fourth-order valence-corrected chi connectivity index (χ4v) is 1.82. The number of aliphatic hydroxyl groups is 1. The topological polar surface area (TPSA) is 84.0 Å². The third-order valence-electron chi connectivity index (χ3n) is 2.76. The van der Waals surface area contributed by atoms with Gasteiger partial charge in [0.25, 0.3) is 5.56 Å². The Morgan fingerprint density at radius 2 is 1.95 bits per heavy atom. The summed E-state index contributed by atoms with van der Waals surface area (Å²) in [5.41, 5.74) is 4.43. The summed E-state index contributed by atoms with van der Waals surface area (Å²) in [4.78, 5) is 11.8. The molecule has 1 unspecified atom stereocenters. The number of aryl methyl sites for hydroxylation is 1. The number of aromatic nitrogens is 2. The predicted octanol–water partition coefficient (Wildman–Crippen LogP) is 1.07.